The smallest absolute Gasteiger partial charge is 0.161 e. The Bertz CT molecular complexity index is 529. The van der Waals surface area contributed by atoms with Gasteiger partial charge in [0, 0.05) is 12.7 Å². The van der Waals surface area contributed by atoms with Crippen molar-refractivity contribution in [2.45, 2.75) is 13.5 Å². The Morgan fingerprint density at radius 2 is 2.06 bits per heavy atom. The van der Waals surface area contributed by atoms with E-state index in [2.05, 4.69) is 9.97 Å². The molecular formula is C13H13ClN2O. The summed E-state index contributed by atoms with van der Waals surface area (Å²) in [6.07, 6.45) is 0. The van der Waals surface area contributed by atoms with E-state index in [4.69, 9.17) is 16.3 Å². The fraction of sp³-hybridized carbons (Fsp3) is 0.231. The minimum Gasteiger partial charge on any atom is -0.378 e. The van der Waals surface area contributed by atoms with Gasteiger partial charge < -0.3 is 4.74 Å². The molecule has 2 aromatic rings. The fourth-order valence-corrected chi connectivity index (χ4v) is 1.81. The van der Waals surface area contributed by atoms with Crippen LogP contribution < -0.4 is 0 Å². The molecule has 1 aromatic heterocycles. The molecule has 0 atom stereocenters. The van der Waals surface area contributed by atoms with Crippen molar-refractivity contribution in [3.8, 4) is 11.4 Å². The number of ether oxygens (including phenoxy) is 1. The molecule has 0 aliphatic rings. The molecule has 4 heteroatoms. The maximum absolute atomic E-state index is 5.97. The quantitative estimate of drug-likeness (QED) is 0.782. The Kier molecular flexibility index (Phi) is 3.71. The minimum absolute atomic E-state index is 0.432. The van der Waals surface area contributed by atoms with E-state index in [-0.39, 0.29) is 0 Å². The summed E-state index contributed by atoms with van der Waals surface area (Å²) in [5.74, 6) is 0.633. The topological polar surface area (TPSA) is 35.0 Å². The van der Waals surface area contributed by atoms with E-state index in [0.29, 0.717) is 17.6 Å². The first-order valence-electron chi connectivity index (χ1n) is 5.28. The molecule has 0 N–H and O–H groups in total. The monoisotopic (exact) mass is 248 g/mol. The van der Waals surface area contributed by atoms with E-state index in [1.807, 2.05) is 31.2 Å². The summed E-state index contributed by atoms with van der Waals surface area (Å²) >= 11 is 5.97. The van der Waals surface area contributed by atoms with Gasteiger partial charge in [0.15, 0.2) is 5.82 Å². The summed E-state index contributed by atoms with van der Waals surface area (Å²) in [6, 6.07) is 9.72. The van der Waals surface area contributed by atoms with E-state index in [9.17, 15) is 0 Å². The molecule has 88 valence electrons. The summed E-state index contributed by atoms with van der Waals surface area (Å²) in [7, 11) is 1.63. The molecule has 0 saturated carbocycles. The third-order valence-corrected chi connectivity index (χ3v) is 2.51. The van der Waals surface area contributed by atoms with Gasteiger partial charge in [-0.25, -0.2) is 9.97 Å². The molecule has 1 heterocycles. The fourth-order valence-electron chi connectivity index (χ4n) is 1.60. The zero-order valence-corrected chi connectivity index (χ0v) is 10.5. The first-order valence-corrected chi connectivity index (χ1v) is 5.66. The number of hydrogen-bond donors (Lipinski definition) is 0. The van der Waals surface area contributed by atoms with Crippen LogP contribution in [0.5, 0.6) is 0 Å². The largest absolute Gasteiger partial charge is 0.378 e. The molecule has 0 spiro atoms. The molecule has 0 aliphatic heterocycles. The predicted molar refractivity (Wildman–Crippen MR) is 67.9 cm³/mol. The first kappa shape index (κ1) is 12.0. The Morgan fingerprint density at radius 3 is 2.76 bits per heavy atom. The minimum atomic E-state index is 0.432. The van der Waals surface area contributed by atoms with Crippen LogP contribution in [0.25, 0.3) is 11.4 Å². The van der Waals surface area contributed by atoms with Crippen LogP contribution in [0.3, 0.4) is 0 Å². The van der Waals surface area contributed by atoms with Crippen molar-refractivity contribution in [3.63, 3.8) is 0 Å². The van der Waals surface area contributed by atoms with Gasteiger partial charge in [0.05, 0.1) is 12.3 Å². The van der Waals surface area contributed by atoms with Crippen LogP contribution in [0.4, 0.5) is 0 Å². The summed E-state index contributed by atoms with van der Waals surface area (Å²) in [5.41, 5.74) is 2.91. The number of rotatable bonds is 3. The average Bonchev–Trinajstić information content (AvgIpc) is 2.28. The standard InChI is InChI=1S/C13H13ClN2O/c1-9-4-3-5-10(6-9)13-15-11(8-17-2)7-12(14)16-13/h3-7H,8H2,1-2H3. The molecule has 2 rings (SSSR count). The van der Waals surface area contributed by atoms with Crippen LogP contribution in [-0.4, -0.2) is 17.1 Å². The van der Waals surface area contributed by atoms with Crippen molar-refractivity contribution in [1.29, 1.82) is 0 Å². The second kappa shape index (κ2) is 5.25. The van der Waals surface area contributed by atoms with Crippen molar-refractivity contribution >= 4 is 11.6 Å². The molecule has 0 fully saturated rings. The predicted octanol–water partition coefficient (Wildman–Crippen LogP) is 3.25. The normalized spacial score (nSPS) is 10.5. The number of methoxy groups -OCH3 is 1. The van der Waals surface area contributed by atoms with Crippen LogP contribution in [0.1, 0.15) is 11.3 Å². The first-order chi connectivity index (χ1) is 8.19. The third kappa shape index (κ3) is 3.02. The SMILES string of the molecule is COCc1cc(Cl)nc(-c2cccc(C)c2)n1. The lowest BCUT2D eigenvalue weighted by molar-refractivity contribution is 0.181. The third-order valence-electron chi connectivity index (χ3n) is 2.32. The van der Waals surface area contributed by atoms with Gasteiger partial charge in [0.25, 0.3) is 0 Å². The Hall–Kier alpha value is -1.45. The number of halogens is 1. The summed E-state index contributed by atoms with van der Waals surface area (Å²) in [4.78, 5) is 8.64. The van der Waals surface area contributed by atoms with Gasteiger partial charge in [-0.1, -0.05) is 35.4 Å². The van der Waals surface area contributed by atoms with Gasteiger partial charge >= 0.3 is 0 Å². The van der Waals surface area contributed by atoms with Gasteiger partial charge in [-0.05, 0) is 19.1 Å². The van der Waals surface area contributed by atoms with Crippen LogP contribution in [0, 0.1) is 6.92 Å². The number of nitrogens with zero attached hydrogens (tertiary/aromatic N) is 2. The van der Waals surface area contributed by atoms with Crippen LogP contribution in [0.15, 0.2) is 30.3 Å². The second-order valence-electron chi connectivity index (χ2n) is 3.81. The van der Waals surface area contributed by atoms with E-state index >= 15 is 0 Å². The Labute approximate surface area is 105 Å². The number of aryl methyl sites for hydroxylation is 1. The average molecular weight is 249 g/mol. The highest BCUT2D eigenvalue weighted by Crippen LogP contribution is 2.19. The molecule has 0 unspecified atom stereocenters. The van der Waals surface area contributed by atoms with Gasteiger partial charge in [-0.2, -0.15) is 0 Å². The maximum atomic E-state index is 5.97. The number of benzene rings is 1. The molecule has 0 amide bonds. The highest BCUT2D eigenvalue weighted by Gasteiger charge is 2.05. The summed E-state index contributed by atoms with van der Waals surface area (Å²) in [6.45, 7) is 2.46. The lowest BCUT2D eigenvalue weighted by Gasteiger charge is -2.05. The van der Waals surface area contributed by atoms with Gasteiger partial charge in [0.1, 0.15) is 5.15 Å². The summed E-state index contributed by atoms with van der Waals surface area (Å²) < 4.78 is 5.05. The highest BCUT2D eigenvalue weighted by atomic mass is 35.5. The van der Waals surface area contributed by atoms with E-state index in [0.717, 1.165) is 11.3 Å². The van der Waals surface area contributed by atoms with Crippen molar-refractivity contribution in [2.24, 2.45) is 0 Å². The van der Waals surface area contributed by atoms with Gasteiger partial charge in [-0.3, -0.25) is 0 Å². The van der Waals surface area contributed by atoms with E-state index in [1.54, 1.807) is 13.2 Å². The van der Waals surface area contributed by atoms with Crippen molar-refractivity contribution in [3.05, 3.63) is 46.7 Å². The Balaban J connectivity index is 2.44. The molecular weight excluding hydrogens is 236 g/mol. The van der Waals surface area contributed by atoms with E-state index < -0.39 is 0 Å². The molecule has 0 aliphatic carbocycles. The second-order valence-corrected chi connectivity index (χ2v) is 4.20. The van der Waals surface area contributed by atoms with Crippen molar-refractivity contribution < 1.29 is 4.74 Å². The van der Waals surface area contributed by atoms with Crippen LogP contribution >= 0.6 is 11.6 Å². The molecule has 3 nitrogen and oxygen atoms in total. The van der Waals surface area contributed by atoms with Crippen molar-refractivity contribution in [1.82, 2.24) is 9.97 Å². The van der Waals surface area contributed by atoms with Gasteiger partial charge in [-0.15, -0.1) is 0 Å². The summed E-state index contributed by atoms with van der Waals surface area (Å²) in [5, 5.41) is 0.434. The molecule has 1 aromatic carbocycles. The van der Waals surface area contributed by atoms with Crippen LogP contribution in [-0.2, 0) is 11.3 Å². The number of hydrogen-bond acceptors (Lipinski definition) is 3. The van der Waals surface area contributed by atoms with Crippen LogP contribution in [0.2, 0.25) is 5.15 Å². The van der Waals surface area contributed by atoms with E-state index in [1.165, 1.54) is 5.56 Å². The Morgan fingerprint density at radius 1 is 1.24 bits per heavy atom. The van der Waals surface area contributed by atoms with Gasteiger partial charge in [0.2, 0.25) is 0 Å². The molecule has 0 radical (unpaired) electrons. The lowest BCUT2D eigenvalue weighted by Crippen LogP contribution is -1.97. The van der Waals surface area contributed by atoms with Crippen molar-refractivity contribution in [2.75, 3.05) is 7.11 Å². The molecule has 0 saturated heterocycles. The zero-order chi connectivity index (χ0) is 12.3. The molecule has 0 bridgehead atoms. The lowest BCUT2D eigenvalue weighted by atomic mass is 10.1. The zero-order valence-electron chi connectivity index (χ0n) is 9.77. The molecule has 17 heavy (non-hydrogen) atoms. The highest BCUT2D eigenvalue weighted by molar-refractivity contribution is 6.29. The number of aromatic nitrogens is 2. The maximum Gasteiger partial charge on any atom is 0.161 e.